The number of imidazole rings is 1. The smallest absolute Gasteiger partial charge is 0.111 e. The van der Waals surface area contributed by atoms with E-state index < -0.39 is 0 Å². The maximum absolute atomic E-state index is 10.6. The Labute approximate surface area is 103 Å². The molecule has 4 heteroatoms. The summed E-state index contributed by atoms with van der Waals surface area (Å²) in [5.74, 6) is 0.964. The van der Waals surface area contributed by atoms with Gasteiger partial charge in [0, 0.05) is 31.4 Å². The second-order valence-corrected chi connectivity index (χ2v) is 5.38. The number of aryl methyl sites for hydroxylation is 1. The van der Waals surface area contributed by atoms with Crippen molar-refractivity contribution >= 4 is 0 Å². The minimum Gasteiger partial charge on any atom is -0.391 e. The highest BCUT2D eigenvalue weighted by molar-refractivity contribution is 5.03. The Kier molecular flexibility index (Phi) is 3.54. The Morgan fingerprint density at radius 3 is 2.59 bits per heavy atom. The molecule has 4 nitrogen and oxygen atoms in total. The SMILES string of the molecule is CN(C)C1(C(O)Cc2nccn2C)CCCC1. The van der Waals surface area contributed by atoms with Crippen LogP contribution in [0.2, 0.25) is 0 Å². The highest BCUT2D eigenvalue weighted by atomic mass is 16.3. The standard InChI is InChI=1S/C13H23N3O/c1-15(2)13(6-4-5-7-13)11(17)10-12-14-8-9-16(12)3/h8-9,11,17H,4-7,10H2,1-3H3. The van der Waals surface area contributed by atoms with Crippen LogP contribution in [0.15, 0.2) is 12.4 Å². The molecule has 1 atom stereocenters. The maximum Gasteiger partial charge on any atom is 0.111 e. The van der Waals surface area contributed by atoms with Crippen molar-refractivity contribution in [2.45, 2.75) is 43.7 Å². The fourth-order valence-electron chi connectivity index (χ4n) is 3.02. The number of rotatable bonds is 4. The number of hydrogen-bond donors (Lipinski definition) is 1. The second-order valence-electron chi connectivity index (χ2n) is 5.38. The van der Waals surface area contributed by atoms with E-state index in [1.807, 2.05) is 17.8 Å². The number of likely N-dealkylation sites (N-methyl/N-ethyl adjacent to an activating group) is 1. The Morgan fingerprint density at radius 2 is 2.12 bits per heavy atom. The van der Waals surface area contributed by atoms with Crippen molar-refractivity contribution in [2.24, 2.45) is 7.05 Å². The van der Waals surface area contributed by atoms with Crippen molar-refractivity contribution in [3.8, 4) is 0 Å². The van der Waals surface area contributed by atoms with E-state index in [2.05, 4.69) is 24.0 Å². The van der Waals surface area contributed by atoms with E-state index in [4.69, 9.17) is 0 Å². The van der Waals surface area contributed by atoms with E-state index in [0.717, 1.165) is 18.7 Å². The van der Waals surface area contributed by atoms with E-state index >= 15 is 0 Å². The molecule has 17 heavy (non-hydrogen) atoms. The van der Waals surface area contributed by atoms with Gasteiger partial charge in [-0.3, -0.25) is 0 Å². The zero-order valence-electron chi connectivity index (χ0n) is 11.1. The molecular weight excluding hydrogens is 214 g/mol. The largest absolute Gasteiger partial charge is 0.391 e. The molecule has 96 valence electrons. The lowest BCUT2D eigenvalue weighted by Gasteiger charge is -2.40. The number of hydrogen-bond acceptors (Lipinski definition) is 3. The summed E-state index contributed by atoms with van der Waals surface area (Å²) >= 11 is 0. The van der Waals surface area contributed by atoms with Gasteiger partial charge in [0.05, 0.1) is 6.10 Å². The molecule has 1 heterocycles. The predicted octanol–water partition coefficient (Wildman–Crippen LogP) is 1.20. The van der Waals surface area contributed by atoms with Gasteiger partial charge in [0.2, 0.25) is 0 Å². The van der Waals surface area contributed by atoms with Gasteiger partial charge in [0.1, 0.15) is 5.82 Å². The lowest BCUT2D eigenvalue weighted by atomic mass is 9.87. The summed E-state index contributed by atoms with van der Waals surface area (Å²) in [5, 5.41) is 10.6. The molecule has 1 unspecified atom stereocenters. The number of aliphatic hydroxyl groups is 1. The third-order valence-electron chi connectivity index (χ3n) is 4.28. The summed E-state index contributed by atoms with van der Waals surface area (Å²) in [6.07, 6.45) is 8.64. The van der Waals surface area contributed by atoms with Crippen molar-refractivity contribution in [2.75, 3.05) is 14.1 Å². The van der Waals surface area contributed by atoms with Crippen LogP contribution in [0, 0.1) is 0 Å². The molecule has 1 aromatic rings. The topological polar surface area (TPSA) is 41.3 Å². The van der Waals surface area contributed by atoms with Crippen LogP contribution in [-0.2, 0) is 13.5 Å². The monoisotopic (exact) mass is 237 g/mol. The first kappa shape index (κ1) is 12.6. The van der Waals surface area contributed by atoms with E-state index in [-0.39, 0.29) is 11.6 Å². The minimum absolute atomic E-state index is 0.0497. The molecule has 1 saturated carbocycles. The van der Waals surface area contributed by atoms with Crippen LogP contribution in [-0.4, -0.2) is 45.3 Å². The third-order valence-corrected chi connectivity index (χ3v) is 4.28. The van der Waals surface area contributed by atoms with Crippen molar-refractivity contribution < 1.29 is 5.11 Å². The molecule has 1 aliphatic rings. The zero-order chi connectivity index (χ0) is 12.5. The van der Waals surface area contributed by atoms with E-state index in [9.17, 15) is 5.11 Å². The maximum atomic E-state index is 10.6. The summed E-state index contributed by atoms with van der Waals surface area (Å²) in [4.78, 5) is 6.50. The van der Waals surface area contributed by atoms with Crippen LogP contribution in [0.25, 0.3) is 0 Å². The molecule has 1 N–H and O–H groups in total. The molecule has 0 amide bonds. The molecule has 0 radical (unpaired) electrons. The average Bonchev–Trinajstić information content (AvgIpc) is 2.89. The fraction of sp³-hybridized carbons (Fsp3) is 0.769. The molecule has 1 aliphatic carbocycles. The lowest BCUT2D eigenvalue weighted by Crippen LogP contribution is -2.52. The van der Waals surface area contributed by atoms with Gasteiger partial charge in [-0.15, -0.1) is 0 Å². The summed E-state index contributed by atoms with van der Waals surface area (Å²) < 4.78 is 1.99. The third kappa shape index (κ3) is 2.24. The van der Waals surface area contributed by atoms with Gasteiger partial charge < -0.3 is 14.6 Å². The van der Waals surface area contributed by atoms with Crippen molar-refractivity contribution in [1.82, 2.24) is 14.5 Å². The predicted molar refractivity (Wildman–Crippen MR) is 67.8 cm³/mol. The van der Waals surface area contributed by atoms with Crippen molar-refractivity contribution in [3.05, 3.63) is 18.2 Å². The Bertz CT molecular complexity index is 366. The van der Waals surface area contributed by atoms with Crippen LogP contribution in [0.1, 0.15) is 31.5 Å². The molecule has 0 spiro atoms. The highest BCUT2D eigenvalue weighted by Crippen LogP contribution is 2.37. The fourth-order valence-corrected chi connectivity index (χ4v) is 3.02. The zero-order valence-corrected chi connectivity index (χ0v) is 11.1. The van der Waals surface area contributed by atoms with E-state index in [1.54, 1.807) is 6.20 Å². The van der Waals surface area contributed by atoms with Crippen LogP contribution in [0.4, 0.5) is 0 Å². The molecule has 1 fully saturated rings. The Hall–Kier alpha value is -0.870. The van der Waals surface area contributed by atoms with Gasteiger partial charge in [-0.25, -0.2) is 4.98 Å². The first-order valence-corrected chi connectivity index (χ1v) is 6.38. The van der Waals surface area contributed by atoms with Crippen LogP contribution in [0.3, 0.4) is 0 Å². The Morgan fingerprint density at radius 1 is 1.47 bits per heavy atom. The van der Waals surface area contributed by atoms with Crippen LogP contribution >= 0.6 is 0 Å². The summed E-state index contributed by atoms with van der Waals surface area (Å²) in [6, 6.07) is 0. The average molecular weight is 237 g/mol. The molecule has 0 aliphatic heterocycles. The van der Waals surface area contributed by atoms with E-state index in [1.165, 1.54) is 12.8 Å². The lowest BCUT2D eigenvalue weighted by molar-refractivity contribution is -0.00391. The van der Waals surface area contributed by atoms with E-state index in [0.29, 0.717) is 6.42 Å². The van der Waals surface area contributed by atoms with Gasteiger partial charge in [-0.1, -0.05) is 12.8 Å². The molecule has 1 aromatic heterocycles. The van der Waals surface area contributed by atoms with Crippen molar-refractivity contribution in [1.29, 1.82) is 0 Å². The highest BCUT2D eigenvalue weighted by Gasteiger charge is 2.42. The molecular formula is C13H23N3O. The van der Waals surface area contributed by atoms with Gasteiger partial charge >= 0.3 is 0 Å². The summed E-state index contributed by atoms with van der Waals surface area (Å²) in [7, 11) is 6.13. The quantitative estimate of drug-likeness (QED) is 0.855. The number of aromatic nitrogens is 2. The first-order chi connectivity index (χ1) is 8.06. The number of aliphatic hydroxyl groups excluding tert-OH is 1. The Balaban J connectivity index is 2.12. The van der Waals surface area contributed by atoms with Crippen LogP contribution in [0.5, 0.6) is 0 Å². The number of nitrogens with zero attached hydrogens (tertiary/aromatic N) is 3. The molecule has 0 aromatic carbocycles. The van der Waals surface area contributed by atoms with Gasteiger partial charge in [-0.2, -0.15) is 0 Å². The van der Waals surface area contributed by atoms with Gasteiger partial charge in [0.15, 0.2) is 0 Å². The first-order valence-electron chi connectivity index (χ1n) is 6.38. The minimum atomic E-state index is -0.332. The molecule has 0 bridgehead atoms. The second kappa shape index (κ2) is 4.78. The summed E-state index contributed by atoms with van der Waals surface area (Å²) in [5.41, 5.74) is -0.0497. The van der Waals surface area contributed by atoms with Crippen molar-refractivity contribution in [3.63, 3.8) is 0 Å². The summed E-state index contributed by atoms with van der Waals surface area (Å²) in [6.45, 7) is 0. The molecule has 2 rings (SSSR count). The van der Waals surface area contributed by atoms with Crippen LogP contribution < -0.4 is 0 Å². The molecule has 0 saturated heterocycles. The van der Waals surface area contributed by atoms with Gasteiger partial charge in [-0.05, 0) is 26.9 Å². The van der Waals surface area contributed by atoms with Gasteiger partial charge in [0.25, 0.3) is 0 Å². The normalized spacial score (nSPS) is 21.0.